The highest BCUT2D eigenvalue weighted by atomic mass is 32.1. The number of hydrogen-bond acceptors (Lipinski definition) is 4. The summed E-state index contributed by atoms with van der Waals surface area (Å²) in [6, 6.07) is 16.2. The second-order valence-corrected chi connectivity index (χ2v) is 9.37. The monoisotopic (exact) mass is 419 g/mol. The fourth-order valence-corrected chi connectivity index (χ4v) is 5.84. The summed E-state index contributed by atoms with van der Waals surface area (Å²) in [7, 11) is 0. The van der Waals surface area contributed by atoms with Crippen molar-refractivity contribution < 1.29 is 9.59 Å². The number of thiophene rings is 1. The number of carbonyl (C=O) groups excluding carboxylic acids is 2. The van der Waals surface area contributed by atoms with E-state index in [1.165, 1.54) is 32.9 Å². The van der Waals surface area contributed by atoms with Crippen molar-refractivity contribution >= 4 is 38.9 Å². The van der Waals surface area contributed by atoms with Gasteiger partial charge in [0.1, 0.15) is 0 Å². The lowest BCUT2D eigenvalue weighted by Crippen LogP contribution is -2.57. The molecule has 0 unspecified atom stereocenters. The molecule has 3 aliphatic heterocycles. The van der Waals surface area contributed by atoms with Crippen LogP contribution in [0.2, 0.25) is 0 Å². The molecule has 0 aliphatic carbocycles. The zero-order valence-electron chi connectivity index (χ0n) is 17.0. The van der Waals surface area contributed by atoms with Crippen molar-refractivity contribution in [3.63, 3.8) is 0 Å². The van der Waals surface area contributed by atoms with Gasteiger partial charge < -0.3 is 15.5 Å². The van der Waals surface area contributed by atoms with Crippen molar-refractivity contribution in [1.82, 2.24) is 10.2 Å². The Balaban J connectivity index is 1.42. The first-order valence-electron chi connectivity index (χ1n) is 10.5. The zero-order chi connectivity index (χ0) is 20.7. The van der Waals surface area contributed by atoms with Gasteiger partial charge in [0.15, 0.2) is 0 Å². The summed E-state index contributed by atoms with van der Waals surface area (Å²) in [5.74, 6) is 0.557. The molecule has 3 aromatic rings. The Bertz CT molecular complexity index is 1110. The molecule has 1 atom stereocenters. The number of carbonyl (C=O) groups is 2. The van der Waals surface area contributed by atoms with E-state index in [-0.39, 0.29) is 17.9 Å². The van der Waals surface area contributed by atoms with Crippen LogP contribution in [0.15, 0.2) is 48.5 Å². The van der Waals surface area contributed by atoms with Crippen LogP contribution in [-0.4, -0.2) is 42.4 Å². The van der Waals surface area contributed by atoms with Crippen LogP contribution < -0.4 is 10.6 Å². The van der Waals surface area contributed by atoms with Crippen LogP contribution in [0.1, 0.15) is 29.4 Å². The Morgan fingerprint density at radius 1 is 1.07 bits per heavy atom. The largest absolute Gasteiger partial charge is 0.347 e. The molecule has 0 radical (unpaired) electrons. The molecular formula is C24H25N3O2S. The smallest absolute Gasteiger partial charge is 0.261 e. The lowest BCUT2D eigenvalue weighted by molar-refractivity contribution is -0.114. The van der Waals surface area contributed by atoms with Crippen LogP contribution in [0.25, 0.3) is 21.2 Å². The van der Waals surface area contributed by atoms with Crippen molar-refractivity contribution in [2.75, 3.05) is 25.0 Å². The maximum absolute atomic E-state index is 13.0. The first-order chi connectivity index (χ1) is 14.6. The van der Waals surface area contributed by atoms with Crippen LogP contribution in [0, 0.1) is 5.92 Å². The van der Waals surface area contributed by atoms with Gasteiger partial charge in [-0.1, -0.05) is 30.3 Å². The third-order valence-corrected chi connectivity index (χ3v) is 7.42. The molecule has 154 valence electrons. The van der Waals surface area contributed by atoms with Gasteiger partial charge in [-0.25, -0.2) is 0 Å². The van der Waals surface area contributed by atoms with E-state index in [9.17, 15) is 9.59 Å². The number of benzene rings is 2. The quantitative estimate of drug-likeness (QED) is 0.661. The van der Waals surface area contributed by atoms with Gasteiger partial charge in [0.2, 0.25) is 5.91 Å². The number of fused-ring (bicyclic) bond motifs is 4. The van der Waals surface area contributed by atoms with E-state index in [4.69, 9.17) is 0 Å². The van der Waals surface area contributed by atoms with E-state index in [1.807, 2.05) is 36.4 Å². The van der Waals surface area contributed by atoms with Crippen molar-refractivity contribution in [3.05, 3.63) is 53.4 Å². The number of anilines is 1. The van der Waals surface area contributed by atoms with Crippen LogP contribution in [0.3, 0.4) is 0 Å². The number of nitrogens with one attached hydrogen (secondary N) is 2. The fraction of sp³-hybridized carbons (Fsp3) is 0.333. The van der Waals surface area contributed by atoms with Gasteiger partial charge in [-0.05, 0) is 66.6 Å². The van der Waals surface area contributed by atoms with Gasteiger partial charge >= 0.3 is 0 Å². The average molecular weight is 420 g/mol. The Labute approximate surface area is 180 Å². The molecule has 5 nitrogen and oxygen atoms in total. The summed E-state index contributed by atoms with van der Waals surface area (Å²) in [5, 5.41) is 7.21. The first-order valence-corrected chi connectivity index (χ1v) is 11.3. The molecule has 3 aliphatic rings. The second-order valence-electron chi connectivity index (χ2n) is 8.31. The van der Waals surface area contributed by atoms with Gasteiger partial charge in [0.05, 0.1) is 4.88 Å². The van der Waals surface area contributed by atoms with Gasteiger partial charge in [0.25, 0.3) is 5.91 Å². The molecule has 6 rings (SSSR count). The average Bonchev–Trinajstić information content (AvgIpc) is 3.19. The minimum Gasteiger partial charge on any atom is -0.347 e. The maximum Gasteiger partial charge on any atom is 0.261 e. The van der Waals surface area contributed by atoms with Crippen LogP contribution in [0.5, 0.6) is 0 Å². The highest BCUT2D eigenvalue weighted by Crippen LogP contribution is 2.36. The Hall–Kier alpha value is -2.70. The summed E-state index contributed by atoms with van der Waals surface area (Å²) >= 11 is 1.54. The molecule has 0 saturated carbocycles. The third kappa shape index (κ3) is 3.73. The lowest BCUT2D eigenvalue weighted by Gasteiger charge is -2.44. The van der Waals surface area contributed by atoms with E-state index in [0.29, 0.717) is 5.92 Å². The van der Waals surface area contributed by atoms with Gasteiger partial charge in [-0.3, -0.25) is 9.59 Å². The predicted octanol–water partition coefficient (Wildman–Crippen LogP) is 4.35. The van der Waals surface area contributed by atoms with E-state index in [2.05, 4.69) is 27.7 Å². The summed E-state index contributed by atoms with van der Waals surface area (Å²) in [4.78, 5) is 27.6. The lowest BCUT2D eigenvalue weighted by atomic mass is 9.84. The Morgan fingerprint density at radius 3 is 2.60 bits per heavy atom. The van der Waals surface area contributed by atoms with E-state index >= 15 is 0 Å². The molecule has 2 bridgehead atoms. The highest BCUT2D eigenvalue weighted by Gasteiger charge is 2.35. The summed E-state index contributed by atoms with van der Waals surface area (Å²) in [5.41, 5.74) is 2.87. The van der Waals surface area contributed by atoms with Gasteiger partial charge in [0, 0.05) is 29.9 Å². The molecule has 1 aromatic heterocycles. The number of hydrogen-bond donors (Lipinski definition) is 2. The SMILES string of the molecule is CC(=O)Nc1cccc(-c2cccc3cc(C(=O)N[C@H]4CN5CCC4CC5)sc23)c1. The third-order valence-electron chi connectivity index (χ3n) is 6.23. The van der Waals surface area contributed by atoms with Crippen LogP contribution in [0.4, 0.5) is 5.69 Å². The van der Waals surface area contributed by atoms with Gasteiger partial charge in [-0.2, -0.15) is 0 Å². The first kappa shape index (κ1) is 19.3. The standard InChI is InChI=1S/C24H25N3O2S/c1-15(28)25-19-6-2-4-17(12-19)20-7-3-5-18-13-22(30-23(18)20)24(29)26-21-14-27-10-8-16(21)9-11-27/h2-7,12-13,16,21H,8-11,14H2,1H3,(H,25,28)(H,26,29)/t21-/m0/s1. The van der Waals surface area contributed by atoms with Crippen LogP contribution >= 0.6 is 11.3 Å². The molecule has 30 heavy (non-hydrogen) atoms. The molecule has 2 N–H and O–H groups in total. The second kappa shape index (κ2) is 7.85. The number of rotatable bonds is 4. The molecule has 2 amide bonds. The number of amides is 2. The van der Waals surface area contributed by atoms with E-state index in [0.717, 1.165) is 38.3 Å². The van der Waals surface area contributed by atoms with Crippen molar-refractivity contribution in [2.24, 2.45) is 5.92 Å². The topological polar surface area (TPSA) is 61.4 Å². The van der Waals surface area contributed by atoms with Crippen LogP contribution in [-0.2, 0) is 4.79 Å². The van der Waals surface area contributed by atoms with Crippen molar-refractivity contribution in [3.8, 4) is 11.1 Å². The summed E-state index contributed by atoms with van der Waals surface area (Å²) in [6.45, 7) is 4.82. The molecule has 0 spiro atoms. The fourth-order valence-electron chi connectivity index (χ4n) is 4.74. The minimum atomic E-state index is -0.0896. The number of nitrogens with zero attached hydrogens (tertiary/aromatic N) is 1. The molecule has 3 saturated heterocycles. The predicted molar refractivity (Wildman–Crippen MR) is 122 cm³/mol. The van der Waals surface area contributed by atoms with Gasteiger partial charge in [-0.15, -0.1) is 11.3 Å². The molecular weight excluding hydrogens is 394 g/mol. The van der Waals surface area contributed by atoms with E-state index < -0.39 is 0 Å². The Morgan fingerprint density at radius 2 is 1.87 bits per heavy atom. The highest BCUT2D eigenvalue weighted by molar-refractivity contribution is 7.21. The normalized spacial score (nSPS) is 22.8. The molecule has 4 heterocycles. The molecule has 6 heteroatoms. The van der Waals surface area contributed by atoms with Crippen molar-refractivity contribution in [1.29, 1.82) is 0 Å². The summed E-state index contributed by atoms with van der Waals surface area (Å²) < 4.78 is 1.09. The van der Waals surface area contributed by atoms with E-state index in [1.54, 1.807) is 11.3 Å². The minimum absolute atomic E-state index is 0.0351. The molecule has 2 aromatic carbocycles. The van der Waals surface area contributed by atoms with Crippen molar-refractivity contribution in [2.45, 2.75) is 25.8 Å². The zero-order valence-corrected chi connectivity index (χ0v) is 17.8. The summed E-state index contributed by atoms with van der Waals surface area (Å²) in [6.07, 6.45) is 2.37. The molecule has 3 fully saturated rings. The number of piperidine rings is 3. The maximum atomic E-state index is 13.0. The Kier molecular flexibility index (Phi) is 5.05.